The molecule has 8 nitrogen and oxygen atoms in total. The average molecular weight is 366 g/mol. The Hall–Kier alpha value is -2.77. The lowest BCUT2D eigenvalue weighted by Gasteiger charge is -2.21. The Kier molecular flexibility index (Phi) is 8.41. The number of carboxylic acid groups (broad SMARTS) is 1. The van der Waals surface area contributed by atoms with E-state index in [1.807, 2.05) is 30.3 Å². The first-order valence-electron chi connectivity index (χ1n) is 8.31. The standard InChI is InChI=1S/C18H26N2O6/c1-18(2,3)26-16(23)19-10-9-14(11-15(21)22)20-17(24)25-12-13-7-5-4-6-8-13/h4-8,14H,9-12H2,1-3H3,(H,19,23)(H,20,24)(H,21,22). The number of rotatable bonds is 8. The number of hydrogen-bond acceptors (Lipinski definition) is 5. The highest BCUT2D eigenvalue weighted by Crippen LogP contribution is 2.07. The molecular formula is C18H26N2O6. The van der Waals surface area contributed by atoms with Crippen molar-refractivity contribution in [2.24, 2.45) is 0 Å². The van der Waals surface area contributed by atoms with Crippen LogP contribution in [0, 0.1) is 0 Å². The van der Waals surface area contributed by atoms with Gasteiger partial charge in [-0.2, -0.15) is 0 Å². The molecule has 1 aromatic rings. The van der Waals surface area contributed by atoms with Crippen molar-refractivity contribution in [2.45, 2.75) is 51.9 Å². The molecule has 0 heterocycles. The van der Waals surface area contributed by atoms with Crippen LogP contribution in [0.15, 0.2) is 30.3 Å². The molecule has 0 saturated heterocycles. The highest BCUT2D eigenvalue weighted by atomic mass is 16.6. The predicted molar refractivity (Wildman–Crippen MR) is 94.7 cm³/mol. The van der Waals surface area contributed by atoms with Gasteiger partial charge in [0, 0.05) is 12.6 Å². The Labute approximate surface area is 152 Å². The Bertz CT molecular complexity index is 597. The summed E-state index contributed by atoms with van der Waals surface area (Å²) in [7, 11) is 0. The minimum atomic E-state index is -1.06. The quantitative estimate of drug-likeness (QED) is 0.652. The Morgan fingerprint density at radius 1 is 1.12 bits per heavy atom. The maximum Gasteiger partial charge on any atom is 0.407 e. The summed E-state index contributed by atoms with van der Waals surface area (Å²) in [5.74, 6) is -1.06. The Balaban J connectivity index is 2.41. The summed E-state index contributed by atoms with van der Waals surface area (Å²) in [6, 6.07) is 8.45. The summed E-state index contributed by atoms with van der Waals surface area (Å²) in [5.41, 5.74) is 0.202. The minimum absolute atomic E-state index is 0.0859. The third-order valence-corrected chi connectivity index (χ3v) is 3.12. The van der Waals surface area contributed by atoms with E-state index in [-0.39, 0.29) is 26.0 Å². The van der Waals surface area contributed by atoms with E-state index >= 15 is 0 Å². The Morgan fingerprint density at radius 3 is 2.35 bits per heavy atom. The van der Waals surface area contributed by atoms with Gasteiger partial charge in [-0.1, -0.05) is 30.3 Å². The first-order chi connectivity index (χ1) is 12.2. The molecule has 0 radical (unpaired) electrons. The smallest absolute Gasteiger partial charge is 0.407 e. The highest BCUT2D eigenvalue weighted by molar-refractivity contribution is 5.71. The number of ether oxygens (including phenoxy) is 2. The first-order valence-corrected chi connectivity index (χ1v) is 8.31. The molecule has 1 aromatic carbocycles. The largest absolute Gasteiger partial charge is 0.481 e. The van der Waals surface area contributed by atoms with E-state index in [1.54, 1.807) is 20.8 Å². The zero-order valence-corrected chi connectivity index (χ0v) is 15.3. The van der Waals surface area contributed by atoms with Crippen LogP contribution in [0.3, 0.4) is 0 Å². The topological polar surface area (TPSA) is 114 Å². The van der Waals surface area contributed by atoms with Crippen LogP contribution in [0.2, 0.25) is 0 Å². The number of hydrogen-bond donors (Lipinski definition) is 3. The van der Waals surface area contributed by atoms with E-state index in [1.165, 1.54) is 0 Å². The van der Waals surface area contributed by atoms with Crippen molar-refractivity contribution in [3.63, 3.8) is 0 Å². The molecule has 0 saturated carbocycles. The zero-order chi connectivity index (χ0) is 19.6. The van der Waals surface area contributed by atoms with E-state index < -0.39 is 29.8 Å². The first kappa shape index (κ1) is 21.3. The lowest BCUT2D eigenvalue weighted by Crippen LogP contribution is -2.40. The molecule has 1 atom stereocenters. The third-order valence-electron chi connectivity index (χ3n) is 3.12. The molecule has 0 fully saturated rings. The van der Waals surface area contributed by atoms with Crippen molar-refractivity contribution in [2.75, 3.05) is 6.54 Å². The fourth-order valence-corrected chi connectivity index (χ4v) is 2.03. The predicted octanol–water partition coefficient (Wildman–Crippen LogP) is 2.67. The van der Waals surface area contributed by atoms with Gasteiger partial charge in [0.2, 0.25) is 0 Å². The molecular weight excluding hydrogens is 340 g/mol. The molecule has 0 aromatic heterocycles. The second-order valence-corrected chi connectivity index (χ2v) is 6.72. The van der Waals surface area contributed by atoms with Gasteiger partial charge in [-0.3, -0.25) is 4.79 Å². The third kappa shape index (κ3) is 10.2. The number of carbonyl (C=O) groups is 3. The second-order valence-electron chi connectivity index (χ2n) is 6.72. The van der Waals surface area contributed by atoms with Gasteiger partial charge in [0.1, 0.15) is 12.2 Å². The van der Waals surface area contributed by atoms with Crippen LogP contribution < -0.4 is 10.6 Å². The molecule has 0 spiro atoms. The Morgan fingerprint density at radius 2 is 1.77 bits per heavy atom. The second kappa shape index (κ2) is 10.3. The van der Waals surface area contributed by atoms with E-state index in [0.717, 1.165) is 5.56 Å². The summed E-state index contributed by atoms with van der Waals surface area (Å²) in [4.78, 5) is 34.4. The van der Waals surface area contributed by atoms with E-state index in [0.29, 0.717) is 0 Å². The van der Waals surface area contributed by atoms with Gasteiger partial charge in [-0.25, -0.2) is 9.59 Å². The molecule has 8 heteroatoms. The number of nitrogens with one attached hydrogen (secondary N) is 2. The van der Waals surface area contributed by atoms with Gasteiger partial charge in [-0.05, 0) is 32.8 Å². The van der Waals surface area contributed by atoms with Crippen LogP contribution in [0.1, 0.15) is 39.2 Å². The molecule has 26 heavy (non-hydrogen) atoms. The van der Waals surface area contributed by atoms with Crippen LogP contribution in [0.25, 0.3) is 0 Å². The van der Waals surface area contributed by atoms with Crippen molar-refractivity contribution in [1.82, 2.24) is 10.6 Å². The van der Waals surface area contributed by atoms with Crippen LogP contribution in [0.4, 0.5) is 9.59 Å². The number of amides is 2. The fourth-order valence-electron chi connectivity index (χ4n) is 2.03. The van der Waals surface area contributed by atoms with Crippen molar-refractivity contribution in [1.29, 1.82) is 0 Å². The lowest BCUT2D eigenvalue weighted by molar-refractivity contribution is -0.137. The van der Waals surface area contributed by atoms with Crippen molar-refractivity contribution in [3.05, 3.63) is 35.9 Å². The average Bonchev–Trinajstić information content (AvgIpc) is 2.51. The van der Waals surface area contributed by atoms with E-state index in [9.17, 15) is 14.4 Å². The number of aliphatic carboxylic acids is 1. The van der Waals surface area contributed by atoms with Crippen molar-refractivity contribution >= 4 is 18.2 Å². The lowest BCUT2D eigenvalue weighted by atomic mass is 10.1. The number of carbonyl (C=O) groups excluding carboxylic acids is 2. The maximum atomic E-state index is 11.9. The molecule has 2 amide bonds. The van der Waals surface area contributed by atoms with Crippen molar-refractivity contribution < 1.29 is 29.0 Å². The van der Waals surface area contributed by atoms with Gasteiger partial charge in [0.05, 0.1) is 6.42 Å². The molecule has 144 valence electrons. The van der Waals surface area contributed by atoms with Gasteiger partial charge in [0.15, 0.2) is 0 Å². The van der Waals surface area contributed by atoms with Gasteiger partial charge >= 0.3 is 18.2 Å². The summed E-state index contributed by atoms with van der Waals surface area (Å²) in [5, 5.41) is 14.0. The van der Waals surface area contributed by atoms with Crippen LogP contribution in [-0.4, -0.2) is 41.4 Å². The summed E-state index contributed by atoms with van der Waals surface area (Å²) in [6.07, 6.45) is -1.36. The van der Waals surface area contributed by atoms with Gasteiger partial charge in [0.25, 0.3) is 0 Å². The summed E-state index contributed by atoms with van der Waals surface area (Å²) < 4.78 is 10.2. The van der Waals surface area contributed by atoms with Gasteiger partial charge in [-0.15, -0.1) is 0 Å². The zero-order valence-electron chi connectivity index (χ0n) is 15.3. The molecule has 3 N–H and O–H groups in total. The number of benzene rings is 1. The van der Waals surface area contributed by atoms with Crippen LogP contribution in [0.5, 0.6) is 0 Å². The number of alkyl carbamates (subject to hydrolysis) is 2. The molecule has 0 aliphatic carbocycles. The summed E-state index contributed by atoms with van der Waals surface area (Å²) >= 11 is 0. The van der Waals surface area contributed by atoms with E-state index in [4.69, 9.17) is 14.6 Å². The molecule has 0 bridgehead atoms. The normalized spacial score (nSPS) is 12.0. The monoisotopic (exact) mass is 366 g/mol. The molecule has 1 rings (SSSR count). The van der Waals surface area contributed by atoms with Crippen LogP contribution in [-0.2, 0) is 20.9 Å². The van der Waals surface area contributed by atoms with Crippen LogP contribution >= 0.6 is 0 Å². The highest BCUT2D eigenvalue weighted by Gasteiger charge is 2.19. The fraction of sp³-hybridized carbons (Fsp3) is 0.500. The SMILES string of the molecule is CC(C)(C)OC(=O)NCCC(CC(=O)O)NC(=O)OCc1ccccc1. The molecule has 0 aliphatic rings. The summed E-state index contributed by atoms with van der Waals surface area (Å²) in [6.45, 7) is 5.47. The van der Waals surface area contributed by atoms with E-state index in [2.05, 4.69) is 10.6 Å². The maximum absolute atomic E-state index is 11.9. The molecule has 0 aliphatic heterocycles. The van der Waals surface area contributed by atoms with Gasteiger partial charge < -0.3 is 25.2 Å². The van der Waals surface area contributed by atoms with Crippen molar-refractivity contribution in [3.8, 4) is 0 Å². The minimum Gasteiger partial charge on any atom is -0.481 e. The number of carboxylic acids is 1. The molecule has 1 unspecified atom stereocenters.